The summed E-state index contributed by atoms with van der Waals surface area (Å²) >= 11 is 0. The molecule has 17 heavy (non-hydrogen) atoms. The van der Waals surface area contributed by atoms with Crippen molar-refractivity contribution in [2.24, 2.45) is 0 Å². The van der Waals surface area contributed by atoms with Crippen molar-refractivity contribution in [3.63, 3.8) is 0 Å². The zero-order valence-corrected chi connectivity index (χ0v) is 10.1. The van der Waals surface area contributed by atoms with Gasteiger partial charge in [0.2, 0.25) is 0 Å². The second-order valence-corrected chi connectivity index (χ2v) is 4.57. The standard InChI is InChI=1S/C13H19FN2O/c1-11(17)16-8-6-15(7-9-16)10-12-2-4-13(14)5-3-12/h2-5,11,17H,6-10H2,1H3. The first kappa shape index (κ1) is 12.5. The smallest absolute Gasteiger partial charge is 0.123 e. The highest BCUT2D eigenvalue weighted by atomic mass is 19.1. The fraction of sp³-hybridized carbons (Fsp3) is 0.538. The molecule has 1 N–H and O–H groups in total. The van der Waals surface area contributed by atoms with Crippen molar-refractivity contribution < 1.29 is 9.50 Å². The fourth-order valence-electron chi connectivity index (χ4n) is 2.14. The van der Waals surface area contributed by atoms with Crippen LogP contribution >= 0.6 is 0 Å². The van der Waals surface area contributed by atoms with Crippen molar-refractivity contribution in [2.45, 2.75) is 19.7 Å². The molecule has 0 aliphatic carbocycles. The Kier molecular flexibility index (Phi) is 4.10. The largest absolute Gasteiger partial charge is 0.379 e. The van der Waals surface area contributed by atoms with Gasteiger partial charge in [-0.1, -0.05) is 12.1 Å². The van der Waals surface area contributed by atoms with Crippen molar-refractivity contribution in [3.05, 3.63) is 35.6 Å². The van der Waals surface area contributed by atoms with E-state index >= 15 is 0 Å². The van der Waals surface area contributed by atoms with Crippen molar-refractivity contribution >= 4 is 0 Å². The first-order chi connectivity index (χ1) is 8.15. The van der Waals surface area contributed by atoms with Crippen molar-refractivity contribution in [1.82, 2.24) is 9.80 Å². The molecule has 0 spiro atoms. The summed E-state index contributed by atoms with van der Waals surface area (Å²) in [6.07, 6.45) is -0.358. The third-order valence-electron chi connectivity index (χ3n) is 3.25. The van der Waals surface area contributed by atoms with E-state index in [-0.39, 0.29) is 12.0 Å². The predicted octanol–water partition coefficient (Wildman–Crippen LogP) is 1.28. The molecular weight excluding hydrogens is 219 g/mol. The van der Waals surface area contributed by atoms with Crippen LogP contribution in [0.3, 0.4) is 0 Å². The minimum atomic E-state index is -0.358. The van der Waals surface area contributed by atoms with E-state index in [2.05, 4.69) is 9.80 Å². The predicted molar refractivity (Wildman–Crippen MR) is 64.9 cm³/mol. The Morgan fingerprint density at radius 1 is 1.18 bits per heavy atom. The average Bonchev–Trinajstić information content (AvgIpc) is 2.33. The van der Waals surface area contributed by atoms with E-state index in [1.54, 1.807) is 6.92 Å². The van der Waals surface area contributed by atoms with Crippen molar-refractivity contribution in [3.8, 4) is 0 Å². The normalized spacial score (nSPS) is 20.4. The van der Waals surface area contributed by atoms with Gasteiger partial charge in [-0.2, -0.15) is 0 Å². The zero-order chi connectivity index (χ0) is 12.3. The van der Waals surface area contributed by atoms with Crippen LogP contribution in [-0.2, 0) is 6.54 Å². The third kappa shape index (κ3) is 3.49. The van der Waals surface area contributed by atoms with Gasteiger partial charge in [0.25, 0.3) is 0 Å². The van der Waals surface area contributed by atoms with Gasteiger partial charge in [-0.25, -0.2) is 4.39 Å². The molecule has 94 valence electrons. The van der Waals surface area contributed by atoms with E-state index < -0.39 is 0 Å². The van der Waals surface area contributed by atoms with Crippen LogP contribution in [0.1, 0.15) is 12.5 Å². The molecule has 0 aromatic heterocycles. The molecule has 1 atom stereocenters. The van der Waals surface area contributed by atoms with Gasteiger partial charge in [-0.05, 0) is 24.6 Å². The summed E-state index contributed by atoms with van der Waals surface area (Å²) in [5.74, 6) is -0.187. The number of nitrogens with zero attached hydrogens (tertiary/aromatic N) is 2. The summed E-state index contributed by atoms with van der Waals surface area (Å²) in [6, 6.07) is 6.66. The number of halogens is 1. The molecule has 1 aromatic carbocycles. The van der Waals surface area contributed by atoms with Gasteiger partial charge in [0.15, 0.2) is 0 Å². The molecule has 1 aliphatic rings. The maximum absolute atomic E-state index is 12.8. The molecule has 0 amide bonds. The van der Waals surface area contributed by atoms with Crippen LogP contribution in [0, 0.1) is 5.82 Å². The lowest BCUT2D eigenvalue weighted by Gasteiger charge is -2.36. The Bertz CT molecular complexity index is 345. The number of aliphatic hydroxyl groups excluding tert-OH is 1. The van der Waals surface area contributed by atoms with Gasteiger partial charge in [-0.3, -0.25) is 9.80 Å². The highest BCUT2D eigenvalue weighted by Gasteiger charge is 2.19. The number of aliphatic hydroxyl groups is 1. The highest BCUT2D eigenvalue weighted by molar-refractivity contribution is 5.15. The van der Waals surface area contributed by atoms with Crippen LogP contribution in [0.4, 0.5) is 4.39 Å². The van der Waals surface area contributed by atoms with E-state index in [1.165, 1.54) is 12.1 Å². The number of hydrogen-bond donors (Lipinski definition) is 1. The molecule has 0 saturated carbocycles. The number of piperazine rings is 1. The topological polar surface area (TPSA) is 26.7 Å². The van der Waals surface area contributed by atoms with Gasteiger partial charge in [0, 0.05) is 32.7 Å². The number of hydrogen-bond acceptors (Lipinski definition) is 3. The molecule has 2 rings (SSSR count). The summed E-state index contributed by atoms with van der Waals surface area (Å²) in [7, 11) is 0. The Hall–Kier alpha value is -0.970. The van der Waals surface area contributed by atoms with Gasteiger partial charge >= 0.3 is 0 Å². The fourth-order valence-corrected chi connectivity index (χ4v) is 2.14. The molecule has 1 aromatic rings. The SMILES string of the molecule is CC(O)N1CCN(Cc2ccc(F)cc2)CC1. The van der Waals surface area contributed by atoms with Gasteiger partial charge in [-0.15, -0.1) is 0 Å². The highest BCUT2D eigenvalue weighted by Crippen LogP contribution is 2.10. The summed E-state index contributed by atoms with van der Waals surface area (Å²) in [4.78, 5) is 4.38. The van der Waals surface area contributed by atoms with Crippen LogP contribution in [0.15, 0.2) is 24.3 Å². The summed E-state index contributed by atoms with van der Waals surface area (Å²) in [5.41, 5.74) is 1.14. The lowest BCUT2D eigenvalue weighted by molar-refractivity contribution is -0.0141. The Morgan fingerprint density at radius 3 is 2.29 bits per heavy atom. The molecular formula is C13H19FN2O. The lowest BCUT2D eigenvalue weighted by Crippen LogP contribution is -2.49. The number of rotatable bonds is 3. The lowest BCUT2D eigenvalue weighted by atomic mass is 10.2. The summed E-state index contributed by atoms with van der Waals surface area (Å²) < 4.78 is 12.8. The van der Waals surface area contributed by atoms with E-state index in [0.29, 0.717) is 0 Å². The molecule has 1 aliphatic heterocycles. The minimum absolute atomic E-state index is 0.187. The van der Waals surface area contributed by atoms with Gasteiger partial charge < -0.3 is 5.11 Å². The van der Waals surface area contributed by atoms with Crippen LogP contribution in [-0.4, -0.2) is 47.3 Å². The molecule has 0 bridgehead atoms. The number of benzene rings is 1. The molecule has 1 saturated heterocycles. The van der Waals surface area contributed by atoms with Crippen LogP contribution in [0.2, 0.25) is 0 Å². The van der Waals surface area contributed by atoms with E-state index in [9.17, 15) is 9.50 Å². The van der Waals surface area contributed by atoms with Crippen LogP contribution in [0.25, 0.3) is 0 Å². The maximum atomic E-state index is 12.8. The average molecular weight is 238 g/mol. The molecule has 1 heterocycles. The molecule has 1 unspecified atom stereocenters. The minimum Gasteiger partial charge on any atom is -0.379 e. The summed E-state index contributed by atoms with van der Waals surface area (Å²) in [5, 5.41) is 9.45. The van der Waals surface area contributed by atoms with Crippen LogP contribution in [0.5, 0.6) is 0 Å². The molecule has 1 fully saturated rings. The molecule has 3 nitrogen and oxygen atoms in total. The van der Waals surface area contributed by atoms with E-state index in [1.807, 2.05) is 12.1 Å². The Balaban J connectivity index is 1.84. The maximum Gasteiger partial charge on any atom is 0.123 e. The third-order valence-corrected chi connectivity index (χ3v) is 3.25. The Labute approximate surface area is 101 Å². The Morgan fingerprint density at radius 2 is 1.76 bits per heavy atom. The van der Waals surface area contributed by atoms with E-state index in [4.69, 9.17) is 0 Å². The molecule has 0 radical (unpaired) electrons. The van der Waals surface area contributed by atoms with Gasteiger partial charge in [0.1, 0.15) is 12.0 Å². The van der Waals surface area contributed by atoms with Crippen molar-refractivity contribution in [2.75, 3.05) is 26.2 Å². The van der Waals surface area contributed by atoms with Gasteiger partial charge in [0.05, 0.1) is 0 Å². The zero-order valence-electron chi connectivity index (χ0n) is 10.1. The first-order valence-electron chi connectivity index (χ1n) is 6.04. The second kappa shape index (κ2) is 5.58. The summed E-state index contributed by atoms with van der Waals surface area (Å²) in [6.45, 7) is 6.33. The monoisotopic (exact) mass is 238 g/mol. The first-order valence-corrected chi connectivity index (χ1v) is 6.04. The van der Waals surface area contributed by atoms with E-state index in [0.717, 1.165) is 38.3 Å². The second-order valence-electron chi connectivity index (χ2n) is 4.57. The van der Waals surface area contributed by atoms with Crippen molar-refractivity contribution in [1.29, 1.82) is 0 Å². The quantitative estimate of drug-likeness (QED) is 0.859. The molecule has 4 heteroatoms. The van der Waals surface area contributed by atoms with Crippen LogP contribution < -0.4 is 0 Å².